The maximum atomic E-state index is 6.16. The summed E-state index contributed by atoms with van der Waals surface area (Å²) >= 11 is 6.16. The maximum Gasteiger partial charge on any atom is 0.0453 e. The van der Waals surface area contributed by atoms with Crippen LogP contribution in [0.5, 0.6) is 0 Å². The molecular weight excluding hydrogens is 244 g/mol. The molecule has 1 heterocycles. The first-order valence-corrected chi connectivity index (χ1v) is 6.53. The van der Waals surface area contributed by atoms with E-state index in [1.54, 1.807) is 0 Å². The minimum absolute atomic E-state index is 0.252. The first kappa shape index (κ1) is 13.1. The normalized spacial score (nSPS) is 12.3. The van der Waals surface area contributed by atoms with Crippen LogP contribution in [0, 0.1) is 0 Å². The largest absolute Gasteiger partial charge is 0.310 e. The summed E-state index contributed by atoms with van der Waals surface area (Å²) in [6, 6.07) is 14.2. The van der Waals surface area contributed by atoms with E-state index in [0.717, 1.165) is 29.2 Å². The lowest BCUT2D eigenvalue weighted by atomic mass is 10.1. The van der Waals surface area contributed by atoms with Gasteiger partial charge in [0, 0.05) is 35.9 Å². The number of hydrogen-bond donors (Lipinski definition) is 1. The lowest BCUT2D eigenvalue weighted by molar-refractivity contribution is 0.574. The van der Waals surface area contributed by atoms with Crippen LogP contribution in [0.25, 0.3) is 0 Å². The van der Waals surface area contributed by atoms with Crippen LogP contribution in [0.4, 0.5) is 0 Å². The van der Waals surface area contributed by atoms with Crippen LogP contribution in [0.15, 0.2) is 48.7 Å². The Hall–Kier alpha value is -1.38. The van der Waals surface area contributed by atoms with Gasteiger partial charge in [-0.05, 0) is 30.7 Å². The molecule has 1 aromatic heterocycles. The van der Waals surface area contributed by atoms with E-state index >= 15 is 0 Å². The van der Waals surface area contributed by atoms with E-state index in [1.165, 1.54) is 0 Å². The number of benzene rings is 1. The third kappa shape index (κ3) is 3.56. The van der Waals surface area contributed by atoms with Crippen LogP contribution in [0.1, 0.15) is 24.2 Å². The quantitative estimate of drug-likeness (QED) is 0.888. The van der Waals surface area contributed by atoms with Gasteiger partial charge in [0.15, 0.2) is 0 Å². The van der Waals surface area contributed by atoms with Gasteiger partial charge >= 0.3 is 0 Å². The number of hydrogen-bond acceptors (Lipinski definition) is 2. The zero-order chi connectivity index (χ0) is 12.8. The van der Waals surface area contributed by atoms with Crippen molar-refractivity contribution in [2.24, 2.45) is 0 Å². The Bertz CT molecular complexity index is 485. The third-order valence-corrected chi connectivity index (χ3v) is 3.27. The van der Waals surface area contributed by atoms with E-state index in [4.69, 9.17) is 11.6 Å². The monoisotopic (exact) mass is 260 g/mol. The SMILES string of the molecule is C[C@H](NCCc1ccccn1)c1ccccc1Cl. The molecule has 0 aliphatic carbocycles. The highest BCUT2D eigenvalue weighted by atomic mass is 35.5. The zero-order valence-corrected chi connectivity index (χ0v) is 11.2. The van der Waals surface area contributed by atoms with Crippen LogP contribution in [-0.4, -0.2) is 11.5 Å². The number of pyridine rings is 1. The van der Waals surface area contributed by atoms with Gasteiger partial charge in [-0.2, -0.15) is 0 Å². The second-order valence-electron chi connectivity index (χ2n) is 4.27. The molecule has 0 aliphatic heterocycles. The summed E-state index contributed by atoms with van der Waals surface area (Å²) < 4.78 is 0. The van der Waals surface area contributed by atoms with Crippen LogP contribution < -0.4 is 5.32 Å². The molecule has 0 radical (unpaired) electrons. The van der Waals surface area contributed by atoms with E-state index in [1.807, 2.05) is 42.6 Å². The van der Waals surface area contributed by atoms with E-state index in [2.05, 4.69) is 23.3 Å². The van der Waals surface area contributed by atoms with Gasteiger partial charge in [0.1, 0.15) is 0 Å². The molecule has 0 fully saturated rings. The Morgan fingerprint density at radius 3 is 2.67 bits per heavy atom. The highest BCUT2D eigenvalue weighted by Crippen LogP contribution is 2.21. The van der Waals surface area contributed by atoms with Crippen molar-refractivity contribution in [3.05, 3.63) is 64.9 Å². The fourth-order valence-electron chi connectivity index (χ4n) is 1.90. The average Bonchev–Trinajstić information content (AvgIpc) is 2.40. The van der Waals surface area contributed by atoms with Crippen molar-refractivity contribution < 1.29 is 0 Å². The van der Waals surface area contributed by atoms with Gasteiger partial charge in [0.05, 0.1) is 0 Å². The number of aromatic nitrogens is 1. The first-order valence-electron chi connectivity index (χ1n) is 6.15. The van der Waals surface area contributed by atoms with Gasteiger partial charge in [0.2, 0.25) is 0 Å². The number of rotatable bonds is 5. The van der Waals surface area contributed by atoms with E-state index < -0.39 is 0 Å². The number of nitrogens with zero attached hydrogens (tertiary/aromatic N) is 1. The predicted octanol–water partition coefficient (Wildman–Crippen LogP) is 3.63. The van der Waals surface area contributed by atoms with Gasteiger partial charge in [-0.25, -0.2) is 0 Å². The summed E-state index contributed by atoms with van der Waals surface area (Å²) in [4.78, 5) is 4.30. The maximum absolute atomic E-state index is 6.16. The van der Waals surface area contributed by atoms with Crippen LogP contribution in [0.3, 0.4) is 0 Å². The molecule has 3 heteroatoms. The van der Waals surface area contributed by atoms with Gasteiger partial charge in [0.25, 0.3) is 0 Å². The average molecular weight is 261 g/mol. The minimum Gasteiger partial charge on any atom is -0.310 e. The molecule has 0 spiro atoms. The predicted molar refractivity (Wildman–Crippen MR) is 75.8 cm³/mol. The molecule has 0 bridgehead atoms. The number of halogens is 1. The molecule has 1 aromatic carbocycles. The lowest BCUT2D eigenvalue weighted by Gasteiger charge is -2.15. The Balaban J connectivity index is 1.86. The molecule has 0 saturated heterocycles. The summed E-state index contributed by atoms with van der Waals surface area (Å²) in [5, 5.41) is 4.28. The van der Waals surface area contributed by atoms with Crippen LogP contribution >= 0.6 is 11.6 Å². The second kappa shape index (κ2) is 6.53. The molecule has 1 N–H and O–H groups in total. The topological polar surface area (TPSA) is 24.9 Å². The van der Waals surface area contributed by atoms with Crippen LogP contribution in [0.2, 0.25) is 5.02 Å². The van der Waals surface area contributed by atoms with Gasteiger partial charge in [-0.15, -0.1) is 0 Å². The fourth-order valence-corrected chi connectivity index (χ4v) is 2.20. The molecule has 94 valence electrons. The Kier molecular flexibility index (Phi) is 4.73. The molecule has 18 heavy (non-hydrogen) atoms. The van der Waals surface area contributed by atoms with E-state index in [0.29, 0.717) is 0 Å². The Morgan fingerprint density at radius 2 is 1.94 bits per heavy atom. The molecule has 0 aliphatic rings. The van der Waals surface area contributed by atoms with Crippen molar-refractivity contribution >= 4 is 11.6 Å². The molecule has 2 rings (SSSR count). The zero-order valence-electron chi connectivity index (χ0n) is 10.4. The summed E-state index contributed by atoms with van der Waals surface area (Å²) in [5.41, 5.74) is 2.25. The fraction of sp³-hybridized carbons (Fsp3) is 0.267. The third-order valence-electron chi connectivity index (χ3n) is 2.93. The van der Waals surface area contributed by atoms with E-state index in [9.17, 15) is 0 Å². The summed E-state index contributed by atoms with van der Waals surface area (Å²) in [7, 11) is 0. The molecule has 0 saturated carbocycles. The highest BCUT2D eigenvalue weighted by molar-refractivity contribution is 6.31. The smallest absolute Gasteiger partial charge is 0.0453 e. The van der Waals surface area contributed by atoms with E-state index in [-0.39, 0.29) is 6.04 Å². The van der Waals surface area contributed by atoms with Crippen LogP contribution in [-0.2, 0) is 6.42 Å². The van der Waals surface area contributed by atoms with Gasteiger partial charge < -0.3 is 5.32 Å². The minimum atomic E-state index is 0.252. The van der Waals surface area contributed by atoms with Crippen molar-refractivity contribution in [1.82, 2.24) is 10.3 Å². The van der Waals surface area contributed by atoms with Crippen molar-refractivity contribution in [3.8, 4) is 0 Å². The summed E-state index contributed by atoms with van der Waals surface area (Å²) in [6.45, 7) is 3.02. The Labute approximate surface area is 113 Å². The standard InChI is InChI=1S/C15H17ClN2/c1-12(14-7-2-3-8-15(14)16)17-11-9-13-6-4-5-10-18-13/h2-8,10,12,17H,9,11H2,1H3/t12-/m0/s1. The summed E-state index contributed by atoms with van der Waals surface area (Å²) in [5.74, 6) is 0. The molecular formula is C15H17ClN2. The van der Waals surface area contributed by atoms with Crippen molar-refractivity contribution in [2.45, 2.75) is 19.4 Å². The molecule has 2 aromatic rings. The molecule has 1 atom stereocenters. The first-order chi connectivity index (χ1) is 8.77. The molecule has 2 nitrogen and oxygen atoms in total. The number of nitrogens with one attached hydrogen (secondary N) is 1. The van der Waals surface area contributed by atoms with Crippen molar-refractivity contribution in [1.29, 1.82) is 0 Å². The van der Waals surface area contributed by atoms with Gasteiger partial charge in [-0.1, -0.05) is 35.9 Å². The van der Waals surface area contributed by atoms with Gasteiger partial charge in [-0.3, -0.25) is 4.98 Å². The van der Waals surface area contributed by atoms with Crippen molar-refractivity contribution in [3.63, 3.8) is 0 Å². The molecule has 0 unspecified atom stereocenters. The lowest BCUT2D eigenvalue weighted by Crippen LogP contribution is -2.21. The Morgan fingerprint density at radius 1 is 1.17 bits per heavy atom. The summed E-state index contributed by atoms with van der Waals surface area (Å²) in [6.07, 6.45) is 2.75. The van der Waals surface area contributed by atoms with Crippen molar-refractivity contribution in [2.75, 3.05) is 6.54 Å². The second-order valence-corrected chi connectivity index (χ2v) is 4.68. The highest BCUT2D eigenvalue weighted by Gasteiger charge is 2.07. The molecule has 0 amide bonds.